The van der Waals surface area contributed by atoms with Crippen molar-refractivity contribution in [1.29, 1.82) is 0 Å². The summed E-state index contributed by atoms with van der Waals surface area (Å²) in [5, 5.41) is 3.18. The van der Waals surface area contributed by atoms with Gasteiger partial charge in [-0.3, -0.25) is 4.79 Å². The summed E-state index contributed by atoms with van der Waals surface area (Å²) < 4.78 is 3.47. The number of hydrogen-bond donors (Lipinski definition) is 0. The van der Waals surface area contributed by atoms with Crippen LogP contribution in [-0.2, 0) is 0 Å². The van der Waals surface area contributed by atoms with Gasteiger partial charge in [0.25, 0.3) is 0 Å². The molecule has 0 unspecified atom stereocenters. The summed E-state index contributed by atoms with van der Waals surface area (Å²) in [5.41, 5.74) is 0.799. The highest BCUT2D eigenvalue weighted by molar-refractivity contribution is 14.1. The van der Waals surface area contributed by atoms with Gasteiger partial charge in [-0.2, -0.15) is 0 Å². The first-order chi connectivity index (χ1) is 6.22. The van der Waals surface area contributed by atoms with Crippen molar-refractivity contribution in [3.8, 4) is 0 Å². The van der Waals surface area contributed by atoms with Gasteiger partial charge in [0.1, 0.15) is 0 Å². The average molecular weight is 414 g/mol. The Hall–Kier alpha value is 0.310. The highest BCUT2D eigenvalue weighted by Crippen LogP contribution is 2.31. The molecule has 2 aromatic rings. The molecule has 1 aromatic carbocycles. The normalized spacial score (nSPS) is 10.6. The molecule has 1 heterocycles. The van der Waals surface area contributed by atoms with Crippen LogP contribution in [0.4, 0.5) is 0 Å². The summed E-state index contributed by atoms with van der Waals surface area (Å²) >= 11 is 6.18. The lowest BCUT2D eigenvalue weighted by Gasteiger charge is -1.97. The monoisotopic (exact) mass is 414 g/mol. The van der Waals surface area contributed by atoms with E-state index in [4.69, 9.17) is 0 Å². The number of benzene rings is 1. The maximum absolute atomic E-state index is 10.8. The highest BCUT2D eigenvalue weighted by Gasteiger charge is 2.07. The van der Waals surface area contributed by atoms with Crippen molar-refractivity contribution in [3.05, 3.63) is 30.2 Å². The standard InChI is InChI=1S/C9H4I2OS/c10-6-1-5(3-12)9-7(11)4-13-8(9)2-6/h1-4H. The van der Waals surface area contributed by atoms with Gasteiger partial charge in [0, 0.05) is 28.2 Å². The van der Waals surface area contributed by atoms with Crippen LogP contribution in [0.25, 0.3) is 10.1 Å². The van der Waals surface area contributed by atoms with Crippen molar-refractivity contribution in [3.63, 3.8) is 0 Å². The topological polar surface area (TPSA) is 17.1 Å². The van der Waals surface area contributed by atoms with Gasteiger partial charge in [0.2, 0.25) is 0 Å². The fraction of sp³-hybridized carbons (Fsp3) is 0. The Morgan fingerprint density at radius 1 is 1.31 bits per heavy atom. The molecule has 0 saturated heterocycles. The Balaban J connectivity index is 2.92. The van der Waals surface area contributed by atoms with Crippen LogP contribution in [0.3, 0.4) is 0 Å². The number of halogens is 2. The molecule has 4 heteroatoms. The van der Waals surface area contributed by atoms with Crippen molar-refractivity contribution in [1.82, 2.24) is 0 Å². The number of fused-ring (bicyclic) bond motifs is 1. The van der Waals surface area contributed by atoms with Gasteiger partial charge in [0.05, 0.1) is 0 Å². The molecule has 0 amide bonds. The lowest BCUT2D eigenvalue weighted by molar-refractivity contribution is 0.112. The van der Waals surface area contributed by atoms with Gasteiger partial charge in [-0.05, 0) is 57.3 Å². The Labute approximate surface area is 107 Å². The first-order valence-electron chi connectivity index (χ1n) is 3.54. The maximum Gasteiger partial charge on any atom is 0.150 e. The summed E-state index contributed by atoms with van der Waals surface area (Å²) in [6.45, 7) is 0. The van der Waals surface area contributed by atoms with Crippen molar-refractivity contribution in [2.75, 3.05) is 0 Å². The summed E-state index contributed by atoms with van der Waals surface area (Å²) in [4.78, 5) is 10.8. The number of thiophene rings is 1. The first-order valence-corrected chi connectivity index (χ1v) is 6.57. The summed E-state index contributed by atoms with van der Waals surface area (Å²) in [6.07, 6.45) is 0.930. The molecule has 0 spiro atoms. The smallest absolute Gasteiger partial charge is 0.150 e. The van der Waals surface area contributed by atoms with E-state index < -0.39 is 0 Å². The molecular formula is C9H4I2OS. The summed E-state index contributed by atoms with van der Waals surface area (Å²) in [6, 6.07) is 4.03. The van der Waals surface area contributed by atoms with Gasteiger partial charge >= 0.3 is 0 Å². The number of rotatable bonds is 1. The lowest BCUT2D eigenvalue weighted by Crippen LogP contribution is -1.83. The van der Waals surface area contributed by atoms with Crippen molar-refractivity contribution >= 4 is 72.9 Å². The maximum atomic E-state index is 10.8. The third-order valence-corrected chi connectivity index (χ3v) is 4.58. The zero-order valence-electron chi connectivity index (χ0n) is 6.38. The van der Waals surface area contributed by atoms with Crippen molar-refractivity contribution < 1.29 is 4.79 Å². The van der Waals surface area contributed by atoms with E-state index in [9.17, 15) is 4.79 Å². The van der Waals surface area contributed by atoms with Crippen molar-refractivity contribution in [2.24, 2.45) is 0 Å². The molecular weight excluding hydrogens is 410 g/mol. The molecule has 0 aliphatic rings. The Morgan fingerprint density at radius 2 is 2.08 bits per heavy atom. The number of carbonyl (C=O) groups is 1. The van der Waals surface area contributed by atoms with Crippen LogP contribution in [0.15, 0.2) is 17.5 Å². The summed E-state index contributed by atoms with van der Waals surface area (Å²) in [5.74, 6) is 0. The number of hydrogen-bond acceptors (Lipinski definition) is 2. The number of aldehydes is 1. The Bertz CT molecular complexity index is 476. The fourth-order valence-electron chi connectivity index (χ4n) is 1.22. The minimum atomic E-state index is 0.799. The van der Waals surface area contributed by atoms with E-state index in [0.29, 0.717) is 0 Å². The molecule has 0 bridgehead atoms. The molecule has 13 heavy (non-hydrogen) atoms. The van der Waals surface area contributed by atoms with E-state index in [1.807, 2.05) is 6.07 Å². The van der Waals surface area contributed by atoms with E-state index in [-0.39, 0.29) is 0 Å². The Morgan fingerprint density at radius 3 is 2.77 bits per heavy atom. The number of carbonyl (C=O) groups excluding carboxylic acids is 1. The van der Waals surface area contributed by atoms with Gasteiger partial charge in [-0.15, -0.1) is 11.3 Å². The minimum absolute atomic E-state index is 0.799. The third-order valence-electron chi connectivity index (χ3n) is 1.75. The van der Waals surface area contributed by atoms with E-state index in [0.717, 1.165) is 24.4 Å². The van der Waals surface area contributed by atoms with E-state index in [1.165, 1.54) is 4.70 Å². The van der Waals surface area contributed by atoms with E-state index in [1.54, 1.807) is 11.3 Å². The molecule has 2 rings (SSSR count). The second-order valence-corrected chi connectivity index (χ2v) is 5.89. The first kappa shape index (κ1) is 9.85. The van der Waals surface area contributed by atoms with Crippen LogP contribution >= 0.6 is 56.5 Å². The summed E-state index contributed by atoms with van der Waals surface area (Å²) in [7, 11) is 0. The van der Waals surface area contributed by atoms with Crippen LogP contribution in [0.5, 0.6) is 0 Å². The Kier molecular flexibility index (Phi) is 2.89. The second kappa shape index (κ2) is 3.82. The molecule has 1 aromatic heterocycles. The molecule has 0 radical (unpaired) electrons. The lowest BCUT2D eigenvalue weighted by atomic mass is 10.1. The van der Waals surface area contributed by atoms with Crippen LogP contribution in [-0.4, -0.2) is 6.29 Å². The van der Waals surface area contributed by atoms with Crippen LogP contribution in [0.1, 0.15) is 10.4 Å². The van der Waals surface area contributed by atoms with Gasteiger partial charge in [0.15, 0.2) is 6.29 Å². The van der Waals surface area contributed by atoms with Gasteiger partial charge < -0.3 is 0 Å². The SMILES string of the molecule is O=Cc1cc(I)cc2scc(I)c12. The molecule has 66 valence electrons. The molecule has 0 aliphatic carbocycles. The predicted octanol–water partition coefficient (Wildman–Crippen LogP) is 3.92. The molecule has 0 fully saturated rings. The highest BCUT2D eigenvalue weighted by atomic mass is 127. The molecule has 0 saturated carbocycles. The zero-order chi connectivity index (χ0) is 9.42. The molecule has 0 atom stereocenters. The van der Waals surface area contributed by atoms with E-state index >= 15 is 0 Å². The van der Waals surface area contributed by atoms with E-state index in [2.05, 4.69) is 56.6 Å². The molecule has 0 N–H and O–H groups in total. The zero-order valence-corrected chi connectivity index (χ0v) is 11.5. The van der Waals surface area contributed by atoms with Crippen LogP contribution < -0.4 is 0 Å². The average Bonchev–Trinajstić information content (AvgIpc) is 2.46. The molecule has 0 aliphatic heterocycles. The minimum Gasteiger partial charge on any atom is -0.298 e. The molecule has 1 nitrogen and oxygen atoms in total. The van der Waals surface area contributed by atoms with Gasteiger partial charge in [-0.25, -0.2) is 0 Å². The van der Waals surface area contributed by atoms with Crippen LogP contribution in [0.2, 0.25) is 0 Å². The largest absolute Gasteiger partial charge is 0.298 e. The van der Waals surface area contributed by atoms with Crippen LogP contribution in [0, 0.1) is 7.14 Å². The fourth-order valence-corrected chi connectivity index (χ4v) is 4.13. The van der Waals surface area contributed by atoms with Gasteiger partial charge in [-0.1, -0.05) is 0 Å². The third kappa shape index (κ3) is 1.75. The van der Waals surface area contributed by atoms with Crippen molar-refractivity contribution in [2.45, 2.75) is 0 Å². The quantitative estimate of drug-likeness (QED) is 0.511. The predicted molar refractivity (Wildman–Crippen MR) is 72.6 cm³/mol. The second-order valence-electron chi connectivity index (χ2n) is 2.57.